The van der Waals surface area contributed by atoms with Crippen LogP contribution < -0.4 is 10.1 Å². The molecule has 0 fully saturated rings. The second-order valence-corrected chi connectivity index (χ2v) is 5.73. The zero-order valence-electron chi connectivity index (χ0n) is 12.4. The summed E-state index contributed by atoms with van der Waals surface area (Å²) >= 11 is 12.0. The van der Waals surface area contributed by atoms with Gasteiger partial charge in [-0.25, -0.2) is 0 Å². The summed E-state index contributed by atoms with van der Waals surface area (Å²) in [6.45, 7) is 0. The van der Waals surface area contributed by atoms with Crippen LogP contribution >= 0.6 is 23.2 Å². The molecule has 2 N–H and O–H groups in total. The molecule has 0 unspecified atom stereocenters. The molecule has 1 heterocycles. The van der Waals surface area contributed by atoms with Crippen molar-refractivity contribution in [1.29, 1.82) is 0 Å². The molecular formula is C16H11Cl2N3O3. The standard InChI is InChI=1S/C16H11Cl2N3O3/c1-24-13-4-8(2-3-12(13)22)7-19-21-15-10-5-9(17)6-11(18)14(10)20-16(15)23/h2-7,22H,1H3,(H,20,21,23). The third-order valence-electron chi connectivity index (χ3n) is 3.33. The number of carbonyl (C=O) groups excluding carboxylic acids is 1. The zero-order chi connectivity index (χ0) is 17.3. The number of aromatic hydroxyl groups is 1. The van der Waals surface area contributed by atoms with Gasteiger partial charge in [-0.15, -0.1) is 5.10 Å². The molecule has 0 spiro atoms. The Balaban J connectivity index is 1.92. The van der Waals surface area contributed by atoms with Gasteiger partial charge >= 0.3 is 0 Å². The average molecular weight is 364 g/mol. The maximum atomic E-state index is 12.0. The van der Waals surface area contributed by atoms with Gasteiger partial charge in [0.15, 0.2) is 17.2 Å². The number of methoxy groups -OCH3 is 1. The van der Waals surface area contributed by atoms with Crippen LogP contribution in [0.4, 0.5) is 5.69 Å². The van der Waals surface area contributed by atoms with E-state index >= 15 is 0 Å². The van der Waals surface area contributed by atoms with Crippen molar-refractivity contribution in [2.24, 2.45) is 10.2 Å². The van der Waals surface area contributed by atoms with E-state index < -0.39 is 5.91 Å². The van der Waals surface area contributed by atoms with E-state index in [0.29, 0.717) is 32.6 Å². The van der Waals surface area contributed by atoms with Crippen LogP contribution in [0.15, 0.2) is 40.5 Å². The average Bonchev–Trinajstić information content (AvgIpc) is 2.85. The van der Waals surface area contributed by atoms with Crippen molar-refractivity contribution in [3.05, 3.63) is 51.5 Å². The monoisotopic (exact) mass is 363 g/mol. The van der Waals surface area contributed by atoms with E-state index in [9.17, 15) is 9.90 Å². The number of nitrogens with zero attached hydrogens (tertiary/aromatic N) is 2. The molecule has 24 heavy (non-hydrogen) atoms. The Morgan fingerprint density at radius 3 is 2.79 bits per heavy atom. The molecule has 0 aliphatic carbocycles. The lowest BCUT2D eigenvalue weighted by Crippen LogP contribution is -2.13. The van der Waals surface area contributed by atoms with Gasteiger partial charge in [0.25, 0.3) is 5.91 Å². The van der Waals surface area contributed by atoms with E-state index in [0.717, 1.165) is 0 Å². The molecule has 1 aliphatic heterocycles. The third-order valence-corrected chi connectivity index (χ3v) is 3.85. The van der Waals surface area contributed by atoms with Gasteiger partial charge in [0, 0.05) is 10.6 Å². The first-order valence-electron chi connectivity index (χ1n) is 6.78. The van der Waals surface area contributed by atoms with Crippen LogP contribution in [0, 0.1) is 0 Å². The number of rotatable bonds is 3. The van der Waals surface area contributed by atoms with Gasteiger partial charge in [0.1, 0.15) is 0 Å². The topological polar surface area (TPSA) is 83.3 Å². The van der Waals surface area contributed by atoms with E-state index in [2.05, 4.69) is 15.5 Å². The summed E-state index contributed by atoms with van der Waals surface area (Å²) in [5, 5.41) is 20.8. The molecule has 3 rings (SSSR count). The minimum atomic E-state index is -0.408. The summed E-state index contributed by atoms with van der Waals surface area (Å²) in [6, 6.07) is 7.84. The molecule has 2 aromatic rings. The van der Waals surface area contributed by atoms with Crippen LogP contribution in [0.25, 0.3) is 0 Å². The number of carbonyl (C=O) groups is 1. The highest BCUT2D eigenvalue weighted by atomic mass is 35.5. The number of nitrogens with one attached hydrogen (secondary N) is 1. The summed E-state index contributed by atoms with van der Waals surface area (Å²) in [4.78, 5) is 12.0. The lowest BCUT2D eigenvalue weighted by Gasteiger charge is -2.02. The van der Waals surface area contributed by atoms with Gasteiger partial charge < -0.3 is 15.2 Å². The zero-order valence-corrected chi connectivity index (χ0v) is 13.9. The molecular weight excluding hydrogens is 353 g/mol. The Bertz CT molecular complexity index is 894. The van der Waals surface area contributed by atoms with Crippen LogP contribution in [0.2, 0.25) is 10.0 Å². The van der Waals surface area contributed by atoms with Crippen molar-refractivity contribution in [2.45, 2.75) is 0 Å². The van der Waals surface area contributed by atoms with Crippen LogP contribution in [0.5, 0.6) is 11.5 Å². The molecule has 1 amide bonds. The number of fused-ring (bicyclic) bond motifs is 1. The summed E-state index contributed by atoms with van der Waals surface area (Å²) < 4.78 is 5.01. The van der Waals surface area contributed by atoms with Crippen LogP contribution in [-0.2, 0) is 4.79 Å². The van der Waals surface area contributed by atoms with Gasteiger partial charge in [-0.3, -0.25) is 4.79 Å². The van der Waals surface area contributed by atoms with E-state index in [1.807, 2.05) is 0 Å². The van der Waals surface area contributed by atoms with Crippen LogP contribution in [-0.4, -0.2) is 30.0 Å². The largest absolute Gasteiger partial charge is 0.504 e. The first-order valence-corrected chi connectivity index (χ1v) is 7.54. The molecule has 1 aliphatic rings. The van der Waals surface area contributed by atoms with Crippen molar-refractivity contribution >= 4 is 46.7 Å². The molecule has 122 valence electrons. The number of anilines is 1. The van der Waals surface area contributed by atoms with Crippen molar-refractivity contribution < 1.29 is 14.6 Å². The van der Waals surface area contributed by atoms with Crippen molar-refractivity contribution in [1.82, 2.24) is 0 Å². The highest BCUT2D eigenvalue weighted by Gasteiger charge is 2.28. The molecule has 6 nitrogen and oxygen atoms in total. The minimum absolute atomic E-state index is 0.0225. The Labute approximate surface area is 147 Å². The fraction of sp³-hybridized carbons (Fsp3) is 0.0625. The fourth-order valence-electron chi connectivity index (χ4n) is 2.21. The number of benzene rings is 2. The Morgan fingerprint density at radius 2 is 2.04 bits per heavy atom. The molecule has 0 radical (unpaired) electrons. The molecule has 8 heteroatoms. The molecule has 0 bridgehead atoms. The summed E-state index contributed by atoms with van der Waals surface area (Å²) in [6.07, 6.45) is 1.44. The normalized spacial score (nSPS) is 15.0. The van der Waals surface area contributed by atoms with Crippen molar-refractivity contribution in [3.8, 4) is 11.5 Å². The molecule has 2 aromatic carbocycles. The van der Waals surface area contributed by atoms with Crippen molar-refractivity contribution in [2.75, 3.05) is 12.4 Å². The highest BCUT2D eigenvalue weighted by Crippen LogP contribution is 2.34. The van der Waals surface area contributed by atoms with Crippen molar-refractivity contribution in [3.63, 3.8) is 0 Å². The second kappa shape index (κ2) is 6.51. The Kier molecular flexibility index (Phi) is 4.42. The third kappa shape index (κ3) is 3.06. The van der Waals surface area contributed by atoms with Gasteiger partial charge in [0.05, 0.1) is 24.0 Å². The summed E-state index contributed by atoms with van der Waals surface area (Å²) in [5.41, 5.74) is 1.73. The number of phenolic OH excluding ortho intramolecular Hbond substituents is 1. The lowest BCUT2D eigenvalue weighted by atomic mass is 10.1. The lowest BCUT2D eigenvalue weighted by molar-refractivity contribution is -0.110. The minimum Gasteiger partial charge on any atom is -0.504 e. The van der Waals surface area contributed by atoms with E-state index in [-0.39, 0.29) is 11.5 Å². The summed E-state index contributed by atoms with van der Waals surface area (Å²) in [5.74, 6) is -0.0712. The summed E-state index contributed by atoms with van der Waals surface area (Å²) in [7, 11) is 1.45. The van der Waals surface area contributed by atoms with E-state index in [1.54, 1.807) is 18.2 Å². The number of hydrogen-bond donors (Lipinski definition) is 2. The number of ether oxygens (including phenoxy) is 1. The maximum Gasteiger partial charge on any atom is 0.276 e. The quantitative estimate of drug-likeness (QED) is 0.646. The predicted octanol–water partition coefficient (Wildman–Crippen LogP) is 3.48. The van der Waals surface area contributed by atoms with Gasteiger partial charge in [-0.2, -0.15) is 5.10 Å². The van der Waals surface area contributed by atoms with Crippen LogP contribution in [0.3, 0.4) is 0 Å². The number of amides is 1. The number of hydrogen-bond acceptors (Lipinski definition) is 5. The Morgan fingerprint density at radius 1 is 1.25 bits per heavy atom. The van der Waals surface area contributed by atoms with Crippen LogP contribution in [0.1, 0.15) is 11.1 Å². The first-order chi connectivity index (χ1) is 11.5. The maximum absolute atomic E-state index is 12.0. The number of phenols is 1. The van der Waals surface area contributed by atoms with Gasteiger partial charge in [0.2, 0.25) is 0 Å². The molecule has 0 aromatic heterocycles. The highest BCUT2D eigenvalue weighted by molar-refractivity contribution is 6.56. The molecule has 0 saturated heterocycles. The van der Waals surface area contributed by atoms with Gasteiger partial charge in [-0.05, 0) is 35.9 Å². The van der Waals surface area contributed by atoms with E-state index in [1.165, 1.54) is 25.5 Å². The Hall–Kier alpha value is -2.57. The molecule has 0 saturated carbocycles. The first kappa shape index (κ1) is 16.3. The fourth-order valence-corrected chi connectivity index (χ4v) is 2.75. The smallest absolute Gasteiger partial charge is 0.276 e. The van der Waals surface area contributed by atoms with Gasteiger partial charge in [-0.1, -0.05) is 23.2 Å². The van der Waals surface area contributed by atoms with E-state index in [4.69, 9.17) is 27.9 Å². The number of halogens is 2. The SMILES string of the molecule is COc1cc(C=NN=C2C(=O)Nc3c(Cl)cc(Cl)cc32)ccc1O. The predicted molar refractivity (Wildman–Crippen MR) is 93.9 cm³/mol. The second-order valence-electron chi connectivity index (χ2n) is 4.89. The molecule has 0 atom stereocenters.